The first kappa shape index (κ1) is 26.9. The summed E-state index contributed by atoms with van der Waals surface area (Å²) >= 11 is 0. The lowest BCUT2D eigenvalue weighted by molar-refractivity contribution is 1.67. The minimum Gasteiger partial charge on any atom is -0.0616 e. The van der Waals surface area contributed by atoms with Crippen molar-refractivity contribution in [3.63, 3.8) is 0 Å². The van der Waals surface area contributed by atoms with E-state index in [0.29, 0.717) is 0 Å². The van der Waals surface area contributed by atoms with E-state index in [9.17, 15) is 0 Å². The van der Waals surface area contributed by atoms with Crippen LogP contribution in [0.1, 0.15) is 0 Å². The van der Waals surface area contributed by atoms with Crippen molar-refractivity contribution in [2.24, 2.45) is 0 Å². The fourth-order valence-electron chi connectivity index (χ4n) is 8.04. The second-order valence-corrected chi connectivity index (χ2v) is 12.8. The summed E-state index contributed by atoms with van der Waals surface area (Å²) in [7, 11) is 0. The zero-order chi connectivity index (χ0) is 31.6. The Bertz CT molecular complexity index is 2830. The largest absolute Gasteiger partial charge is 0.0616 e. The van der Waals surface area contributed by atoms with Crippen LogP contribution in [0.15, 0.2) is 182 Å². The van der Waals surface area contributed by atoms with Crippen LogP contribution in [0.25, 0.3) is 98.0 Å². The van der Waals surface area contributed by atoms with Crippen molar-refractivity contribution in [1.29, 1.82) is 0 Å². The van der Waals surface area contributed by atoms with Gasteiger partial charge in [-0.1, -0.05) is 170 Å². The van der Waals surface area contributed by atoms with Crippen LogP contribution >= 0.6 is 0 Å². The van der Waals surface area contributed by atoms with Crippen LogP contribution in [0.4, 0.5) is 0 Å². The molecule has 0 radical (unpaired) electrons. The van der Waals surface area contributed by atoms with Gasteiger partial charge in [-0.05, 0) is 110 Å². The molecule has 0 aromatic heterocycles. The summed E-state index contributed by atoms with van der Waals surface area (Å²) in [4.78, 5) is 0. The summed E-state index contributed by atoms with van der Waals surface area (Å²) in [5, 5.41) is 15.3. The molecule has 0 nitrogen and oxygen atoms in total. The molecular formula is C48H30. The summed E-state index contributed by atoms with van der Waals surface area (Å²) < 4.78 is 0. The lowest BCUT2D eigenvalue weighted by atomic mass is 9.83. The molecule has 0 N–H and O–H groups in total. The molecule has 0 aliphatic rings. The first-order chi connectivity index (χ1) is 23.8. The lowest BCUT2D eigenvalue weighted by Crippen LogP contribution is -1.92. The van der Waals surface area contributed by atoms with Crippen molar-refractivity contribution in [3.05, 3.63) is 182 Å². The number of benzene rings is 10. The topological polar surface area (TPSA) is 0 Å². The molecule has 48 heavy (non-hydrogen) atoms. The van der Waals surface area contributed by atoms with Gasteiger partial charge in [0.1, 0.15) is 0 Å². The molecule has 0 atom stereocenters. The molecule has 222 valence electrons. The third-order valence-electron chi connectivity index (χ3n) is 10.2. The van der Waals surface area contributed by atoms with Gasteiger partial charge in [0.25, 0.3) is 0 Å². The normalized spacial score (nSPS) is 11.8. The average molecular weight is 607 g/mol. The van der Waals surface area contributed by atoms with Crippen molar-refractivity contribution < 1.29 is 0 Å². The van der Waals surface area contributed by atoms with Gasteiger partial charge < -0.3 is 0 Å². The fraction of sp³-hybridized carbons (Fsp3) is 0. The van der Waals surface area contributed by atoms with Crippen LogP contribution in [0.2, 0.25) is 0 Å². The number of hydrogen-bond donors (Lipinski definition) is 0. The predicted octanol–water partition coefficient (Wildman–Crippen LogP) is 13.6. The summed E-state index contributed by atoms with van der Waals surface area (Å²) in [5.41, 5.74) is 7.62. The Kier molecular flexibility index (Phi) is 5.98. The standard InChI is InChI=1S/C48H30/c1-3-15-38-31(11-1)13-9-21-39(38)36-27-25-35-30-37(28-26-34(35)29-36)47-41-17-5-7-19-43(41)48(44-20-8-6-18-42(44)47)45-22-10-14-33-24-23-32-12-2-4-16-40(32)46(33)45/h1-30H. The summed E-state index contributed by atoms with van der Waals surface area (Å²) in [5.74, 6) is 0. The first-order valence-electron chi connectivity index (χ1n) is 16.7. The van der Waals surface area contributed by atoms with Crippen LogP contribution in [0.3, 0.4) is 0 Å². The Labute approximate surface area is 279 Å². The Morgan fingerprint density at radius 2 is 0.667 bits per heavy atom. The van der Waals surface area contributed by atoms with E-state index in [1.54, 1.807) is 0 Å². The van der Waals surface area contributed by atoms with Gasteiger partial charge in [-0.3, -0.25) is 0 Å². The maximum absolute atomic E-state index is 2.38. The molecule has 0 heterocycles. The van der Waals surface area contributed by atoms with E-state index >= 15 is 0 Å². The molecule has 10 rings (SSSR count). The third kappa shape index (κ3) is 4.10. The molecule has 0 bridgehead atoms. The van der Waals surface area contributed by atoms with E-state index in [0.717, 1.165) is 0 Å². The quantitative estimate of drug-likeness (QED) is 0.139. The van der Waals surface area contributed by atoms with Crippen molar-refractivity contribution in [1.82, 2.24) is 0 Å². The number of hydrogen-bond acceptors (Lipinski definition) is 0. The van der Waals surface area contributed by atoms with Gasteiger partial charge in [-0.25, -0.2) is 0 Å². The summed E-state index contributed by atoms with van der Waals surface area (Å²) in [6.45, 7) is 0. The molecule has 0 saturated heterocycles. The van der Waals surface area contributed by atoms with Crippen molar-refractivity contribution in [3.8, 4) is 33.4 Å². The van der Waals surface area contributed by atoms with E-state index in [-0.39, 0.29) is 0 Å². The van der Waals surface area contributed by atoms with Gasteiger partial charge in [0.2, 0.25) is 0 Å². The highest BCUT2D eigenvalue weighted by Gasteiger charge is 2.19. The second-order valence-electron chi connectivity index (χ2n) is 12.8. The zero-order valence-electron chi connectivity index (χ0n) is 26.3. The lowest BCUT2D eigenvalue weighted by Gasteiger charge is -2.19. The number of fused-ring (bicyclic) bond motifs is 7. The molecule has 0 spiro atoms. The van der Waals surface area contributed by atoms with Crippen LogP contribution in [-0.2, 0) is 0 Å². The first-order valence-corrected chi connectivity index (χ1v) is 16.7. The molecule has 10 aromatic carbocycles. The van der Waals surface area contributed by atoms with E-state index in [1.165, 1.54) is 98.0 Å². The van der Waals surface area contributed by atoms with E-state index in [1.807, 2.05) is 0 Å². The maximum Gasteiger partial charge on any atom is -0.00199 e. The van der Waals surface area contributed by atoms with E-state index in [2.05, 4.69) is 182 Å². The molecule has 0 fully saturated rings. The molecular weight excluding hydrogens is 577 g/mol. The fourth-order valence-corrected chi connectivity index (χ4v) is 8.04. The zero-order valence-corrected chi connectivity index (χ0v) is 26.3. The van der Waals surface area contributed by atoms with Gasteiger partial charge in [-0.15, -0.1) is 0 Å². The minimum atomic E-state index is 1.24. The maximum atomic E-state index is 2.38. The minimum absolute atomic E-state index is 1.24. The average Bonchev–Trinajstić information content (AvgIpc) is 3.16. The molecule has 0 unspecified atom stereocenters. The number of rotatable bonds is 3. The third-order valence-corrected chi connectivity index (χ3v) is 10.2. The summed E-state index contributed by atoms with van der Waals surface area (Å²) in [6, 6.07) is 67.1. The van der Waals surface area contributed by atoms with Crippen molar-refractivity contribution in [2.75, 3.05) is 0 Å². The van der Waals surface area contributed by atoms with Crippen molar-refractivity contribution in [2.45, 2.75) is 0 Å². The Morgan fingerprint density at radius 3 is 1.35 bits per heavy atom. The van der Waals surface area contributed by atoms with Crippen LogP contribution < -0.4 is 0 Å². The van der Waals surface area contributed by atoms with Gasteiger partial charge in [0, 0.05) is 0 Å². The Morgan fingerprint density at radius 1 is 0.229 bits per heavy atom. The highest BCUT2D eigenvalue weighted by atomic mass is 14.2. The highest BCUT2D eigenvalue weighted by Crippen LogP contribution is 2.46. The highest BCUT2D eigenvalue weighted by molar-refractivity contribution is 6.26. The van der Waals surface area contributed by atoms with Crippen LogP contribution in [-0.4, -0.2) is 0 Å². The van der Waals surface area contributed by atoms with Gasteiger partial charge >= 0.3 is 0 Å². The molecule has 0 aliphatic heterocycles. The predicted molar refractivity (Wildman–Crippen MR) is 208 cm³/mol. The van der Waals surface area contributed by atoms with E-state index < -0.39 is 0 Å². The smallest absolute Gasteiger partial charge is 0.00199 e. The van der Waals surface area contributed by atoms with Crippen molar-refractivity contribution >= 4 is 64.6 Å². The SMILES string of the molecule is c1ccc2c(-c3ccc4cc(-c5c6ccccc6c(-c6cccc7ccc8ccccc8c67)c6ccccc56)ccc4c3)cccc2c1. The molecule has 10 aromatic rings. The molecule has 0 amide bonds. The van der Waals surface area contributed by atoms with Gasteiger partial charge in [-0.2, -0.15) is 0 Å². The molecule has 0 aliphatic carbocycles. The van der Waals surface area contributed by atoms with Crippen LogP contribution in [0.5, 0.6) is 0 Å². The molecule has 0 saturated carbocycles. The summed E-state index contributed by atoms with van der Waals surface area (Å²) in [6.07, 6.45) is 0. The van der Waals surface area contributed by atoms with Gasteiger partial charge in [0.05, 0.1) is 0 Å². The Balaban J connectivity index is 1.22. The second kappa shape index (κ2) is 10.7. The van der Waals surface area contributed by atoms with Gasteiger partial charge in [0.15, 0.2) is 0 Å². The molecule has 0 heteroatoms. The monoisotopic (exact) mass is 606 g/mol. The van der Waals surface area contributed by atoms with E-state index in [4.69, 9.17) is 0 Å². The van der Waals surface area contributed by atoms with Crippen LogP contribution in [0, 0.1) is 0 Å². The Hall–Kier alpha value is -6.24.